The first kappa shape index (κ1) is 18.3. The second-order valence-electron chi connectivity index (χ2n) is 7.54. The third-order valence-corrected chi connectivity index (χ3v) is 3.19. The van der Waals surface area contributed by atoms with Crippen molar-refractivity contribution in [1.29, 1.82) is 0 Å². The van der Waals surface area contributed by atoms with E-state index in [-0.39, 0.29) is 11.6 Å². The topological polar surface area (TPSA) is 70.2 Å². The molecule has 0 saturated carbocycles. The summed E-state index contributed by atoms with van der Waals surface area (Å²) in [7, 11) is 0. The number of rotatable bonds is 4. The molecule has 0 saturated heterocycles. The maximum atomic E-state index is 12.4. The van der Waals surface area contributed by atoms with Crippen LogP contribution in [0.4, 0.5) is 10.5 Å². The van der Waals surface area contributed by atoms with E-state index < -0.39 is 5.60 Å². The minimum Gasteiger partial charge on any atom is -0.444 e. The Morgan fingerprint density at radius 2 is 1.82 bits per heavy atom. The zero-order valence-electron chi connectivity index (χ0n) is 15.1. The van der Waals surface area contributed by atoms with Crippen LogP contribution in [0.25, 0.3) is 0 Å². The second kappa shape index (κ2) is 6.58. The smallest absolute Gasteiger partial charge is 0.410 e. The number of aromatic amines is 1. The molecule has 0 bridgehead atoms. The first-order valence-electron chi connectivity index (χ1n) is 7.68. The highest BCUT2D eigenvalue weighted by Crippen LogP contribution is 2.19. The number of nitrogens with zero attached hydrogens (tertiary/aromatic N) is 2. The van der Waals surface area contributed by atoms with Gasteiger partial charge in [-0.25, -0.2) is 4.79 Å². The molecule has 1 amide bonds. The van der Waals surface area contributed by atoms with E-state index in [1.807, 2.05) is 55.4 Å². The molecule has 0 unspecified atom stereocenters. The number of H-pyrrole nitrogens is 1. The summed E-state index contributed by atoms with van der Waals surface area (Å²) < 4.78 is 5.50. The van der Waals surface area contributed by atoms with Crippen molar-refractivity contribution in [2.24, 2.45) is 0 Å². The molecule has 2 N–H and O–H groups in total. The molecule has 22 heavy (non-hydrogen) atoms. The Morgan fingerprint density at radius 3 is 2.23 bits per heavy atom. The Bertz CT molecular complexity index is 490. The molecule has 6 nitrogen and oxygen atoms in total. The zero-order valence-corrected chi connectivity index (χ0v) is 15.1. The number of carbonyl (C=O) groups excluding carboxylic acids is 1. The van der Waals surface area contributed by atoms with Gasteiger partial charge in [-0.15, -0.1) is 0 Å². The van der Waals surface area contributed by atoms with Gasteiger partial charge in [-0.05, 0) is 55.4 Å². The van der Waals surface area contributed by atoms with Crippen LogP contribution in [-0.4, -0.2) is 45.4 Å². The van der Waals surface area contributed by atoms with Crippen molar-refractivity contribution in [3.63, 3.8) is 0 Å². The summed E-state index contributed by atoms with van der Waals surface area (Å²) >= 11 is 0. The number of aromatic nitrogens is 2. The van der Waals surface area contributed by atoms with Crippen LogP contribution in [-0.2, 0) is 4.74 Å². The van der Waals surface area contributed by atoms with Crippen LogP contribution in [0.2, 0.25) is 0 Å². The number of anilines is 1. The monoisotopic (exact) mass is 310 g/mol. The molecular weight excluding hydrogens is 280 g/mol. The first-order chi connectivity index (χ1) is 9.92. The van der Waals surface area contributed by atoms with Crippen molar-refractivity contribution < 1.29 is 9.53 Å². The zero-order chi connectivity index (χ0) is 17.1. The summed E-state index contributed by atoms with van der Waals surface area (Å²) in [5.74, 6) is 0. The minimum absolute atomic E-state index is 0.289. The summed E-state index contributed by atoms with van der Waals surface area (Å²) in [5.41, 5.74) is 2.13. The molecule has 0 fully saturated rings. The highest BCUT2D eigenvalue weighted by atomic mass is 16.6. The van der Waals surface area contributed by atoms with Crippen molar-refractivity contribution >= 4 is 11.8 Å². The first-order valence-corrected chi connectivity index (χ1v) is 7.68. The lowest BCUT2D eigenvalue weighted by Crippen LogP contribution is -2.49. The van der Waals surface area contributed by atoms with Crippen molar-refractivity contribution in [1.82, 2.24) is 15.1 Å². The summed E-state index contributed by atoms with van der Waals surface area (Å²) in [6.07, 6.45) is -0.289. The summed E-state index contributed by atoms with van der Waals surface area (Å²) in [4.78, 5) is 14.1. The maximum absolute atomic E-state index is 12.4. The largest absolute Gasteiger partial charge is 0.444 e. The third-order valence-electron chi connectivity index (χ3n) is 3.19. The Balaban J connectivity index is 2.69. The highest BCUT2D eigenvalue weighted by Gasteiger charge is 2.30. The van der Waals surface area contributed by atoms with Crippen molar-refractivity contribution in [2.75, 3.05) is 18.4 Å². The SMILES string of the molecule is Cc1n[nH]c(C)c1NCCN(C(=O)OC(C)(C)C)C(C)(C)C. The fraction of sp³-hybridized carbons (Fsp3) is 0.750. The number of nitrogens with one attached hydrogen (secondary N) is 2. The van der Waals surface area contributed by atoms with Gasteiger partial charge in [-0.2, -0.15) is 5.10 Å². The van der Waals surface area contributed by atoms with E-state index in [2.05, 4.69) is 15.5 Å². The van der Waals surface area contributed by atoms with Gasteiger partial charge in [-0.3, -0.25) is 5.10 Å². The van der Waals surface area contributed by atoms with Crippen molar-refractivity contribution in [2.45, 2.75) is 66.5 Å². The molecule has 1 rings (SSSR count). The predicted octanol–water partition coefficient (Wildman–Crippen LogP) is 3.47. The van der Waals surface area contributed by atoms with Crippen molar-refractivity contribution in [3.8, 4) is 0 Å². The molecule has 6 heteroatoms. The standard InChI is InChI=1S/C16H30N4O2/c1-11-13(12(2)19-18-11)17-9-10-20(15(3,4)5)14(21)22-16(6,7)8/h17H,9-10H2,1-8H3,(H,18,19). The molecule has 0 radical (unpaired) electrons. The molecule has 0 aromatic carbocycles. The number of carbonyl (C=O) groups is 1. The number of amides is 1. The van der Waals surface area contributed by atoms with Crippen LogP contribution >= 0.6 is 0 Å². The van der Waals surface area contributed by atoms with Gasteiger partial charge in [0.05, 0.1) is 17.1 Å². The number of hydrogen-bond donors (Lipinski definition) is 2. The summed E-state index contributed by atoms with van der Waals surface area (Å²) in [6, 6.07) is 0. The van der Waals surface area contributed by atoms with Crippen LogP contribution < -0.4 is 5.32 Å². The number of ether oxygens (including phenoxy) is 1. The molecular formula is C16H30N4O2. The average molecular weight is 310 g/mol. The quantitative estimate of drug-likeness (QED) is 0.893. The van der Waals surface area contributed by atoms with Gasteiger partial charge in [0.1, 0.15) is 5.60 Å². The van der Waals surface area contributed by atoms with Crippen LogP contribution in [0.1, 0.15) is 52.9 Å². The van der Waals surface area contributed by atoms with Gasteiger partial charge in [0, 0.05) is 18.6 Å². The van der Waals surface area contributed by atoms with Gasteiger partial charge in [-0.1, -0.05) is 0 Å². The number of hydrogen-bond acceptors (Lipinski definition) is 4. The minimum atomic E-state index is -0.494. The molecule has 1 aromatic rings. The van der Waals surface area contributed by atoms with E-state index in [0.717, 1.165) is 17.1 Å². The van der Waals surface area contributed by atoms with Crippen LogP contribution in [0.15, 0.2) is 0 Å². The van der Waals surface area contributed by atoms with Crippen LogP contribution in [0.5, 0.6) is 0 Å². The fourth-order valence-corrected chi connectivity index (χ4v) is 2.12. The molecule has 0 aliphatic heterocycles. The Hall–Kier alpha value is -1.72. The lowest BCUT2D eigenvalue weighted by atomic mass is 10.1. The Labute approximate surface area is 133 Å². The molecule has 1 heterocycles. The molecule has 0 atom stereocenters. The van der Waals surface area contributed by atoms with E-state index in [1.54, 1.807) is 4.90 Å². The molecule has 126 valence electrons. The Morgan fingerprint density at radius 1 is 1.23 bits per heavy atom. The van der Waals surface area contributed by atoms with Gasteiger partial charge in [0.25, 0.3) is 0 Å². The predicted molar refractivity (Wildman–Crippen MR) is 89.2 cm³/mol. The molecule has 0 aliphatic carbocycles. The lowest BCUT2D eigenvalue weighted by Gasteiger charge is -2.37. The molecule has 1 aromatic heterocycles. The number of aryl methyl sites for hydroxylation is 2. The second-order valence-corrected chi connectivity index (χ2v) is 7.54. The average Bonchev–Trinajstić information content (AvgIpc) is 2.61. The third kappa shape index (κ3) is 5.24. The normalized spacial score (nSPS) is 12.2. The summed E-state index contributed by atoms with van der Waals surface area (Å²) in [5, 5.41) is 10.4. The van der Waals surface area contributed by atoms with Crippen LogP contribution in [0.3, 0.4) is 0 Å². The van der Waals surface area contributed by atoms with E-state index in [0.29, 0.717) is 13.1 Å². The Kier molecular flexibility index (Phi) is 5.49. The lowest BCUT2D eigenvalue weighted by molar-refractivity contribution is 0.00749. The molecule has 0 aliphatic rings. The van der Waals surface area contributed by atoms with Gasteiger partial charge in [0.2, 0.25) is 0 Å². The van der Waals surface area contributed by atoms with E-state index >= 15 is 0 Å². The van der Waals surface area contributed by atoms with E-state index in [9.17, 15) is 4.79 Å². The van der Waals surface area contributed by atoms with E-state index in [1.165, 1.54) is 0 Å². The summed E-state index contributed by atoms with van der Waals surface area (Å²) in [6.45, 7) is 16.8. The van der Waals surface area contributed by atoms with Crippen molar-refractivity contribution in [3.05, 3.63) is 11.4 Å². The van der Waals surface area contributed by atoms with Gasteiger partial charge >= 0.3 is 6.09 Å². The van der Waals surface area contributed by atoms with E-state index in [4.69, 9.17) is 4.74 Å². The molecule has 0 spiro atoms. The fourth-order valence-electron chi connectivity index (χ4n) is 2.12. The van der Waals surface area contributed by atoms with Gasteiger partial charge in [0.15, 0.2) is 0 Å². The highest BCUT2D eigenvalue weighted by molar-refractivity contribution is 5.69. The maximum Gasteiger partial charge on any atom is 0.410 e. The van der Waals surface area contributed by atoms with Crippen LogP contribution in [0, 0.1) is 13.8 Å². The van der Waals surface area contributed by atoms with Gasteiger partial charge < -0.3 is 15.0 Å².